The summed E-state index contributed by atoms with van der Waals surface area (Å²) in [5, 5.41) is 2.97. The van der Waals surface area contributed by atoms with Gasteiger partial charge in [-0.1, -0.05) is 24.3 Å². The van der Waals surface area contributed by atoms with Gasteiger partial charge in [0.05, 0.1) is 0 Å². The van der Waals surface area contributed by atoms with E-state index >= 15 is 0 Å². The van der Waals surface area contributed by atoms with Gasteiger partial charge < -0.3 is 15.8 Å². The molecule has 6 heteroatoms. The highest BCUT2D eigenvalue weighted by molar-refractivity contribution is 5.36. The zero-order valence-electron chi connectivity index (χ0n) is 9.70. The van der Waals surface area contributed by atoms with Gasteiger partial charge in [0, 0.05) is 24.7 Å². The Bertz CT molecular complexity index is 393. The lowest BCUT2D eigenvalue weighted by Gasteiger charge is -2.20. The van der Waals surface area contributed by atoms with Crippen molar-refractivity contribution in [2.24, 2.45) is 5.73 Å². The molecule has 0 aromatic heterocycles. The Morgan fingerprint density at radius 2 is 2.06 bits per heavy atom. The lowest BCUT2D eigenvalue weighted by molar-refractivity contribution is -0.275. The molecule has 0 saturated carbocycles. The molecule has 1 aromatic carbocycles. The molecule has 0 aliphatic heterocycles. The average Bonchev–Trinajstić information content (AvgIpc) is 2.30. The predicted molar refractivity (Wildman–Crippen MR) is 63.1 cm³/mol. The van der Waals surface area contributed by atoms with Crippen LogP contribution in [0, 0.1) is 0 Å². The van der Waals surface area contributed by atoms with Gasteiger partial charge in [-0.2, -0.15) is 0 Å². The summed E-state index contributed by atoms with van der Waals surface area (Å²) in [7, 11) is 0. The van der Waals surface area contributed by atoms with Crippen LogP contribution < -0.4 is 15.8 Å². The van der Waals surface area contributed by atoms with E-state index in [0.29, 0.717) is 12.1 Å². The van der Waals surface area contributed by atoms with Crippen molar-refractivity contribution in [1.82, 2.24) is 5.32 Å². The second-order valence-corrected chi connectivity index (χ2v) is 3.57. The summed E-state index contributed by atoms with van der Waals surface area (Å²) in [6.45, 7) is 4.13. The van der Waals surface area contributed by atoms with E-state index in [1.807, 2.05) is 0 Å². The predicted octanol–water partition coefficient (Wildman–Crippen LogP) is 2.36. The molecule has 1 atom stereocenters. The van der Waals surface area contributed by atoms with Crippen molar-refractivity contribution in [2.75, 3.05) is 13.1 Å². The first-order valence-corrected chi connectivity index (χ1v) is 5.37. The van der Waals surface area contributed by atoms with E-state index in [4.69, 9.17) is 5.73 Å². The number of nitrogens with one attached hydrogen (secondary N) is 1. The lowest BCUT2D eigenvalue weighted by Crippen LogP contribution is -2.29. The van der Waals surface area contributed by atoms with Crippen molar-refractivity contribution < 1.29 is 17.9 Å². The van der Waals surface area contributed by atoms with Crippen LogP contribution in [0.25, 0.3) is 0 Å². The van der Waals surface area contributed by atoms with Gasteiger partial charge in [-0.05, 0) is 6.07 Å². The second kappa shape index (κ2) is 6.42. The van der Waals surface area contributed by atoms with Gasteiger partial charge in [-0.3, -0.25) is 0 Å². The third-order valence-electron chi connectivity index (χ3n) is 2.26. The van der Waals surface area contributed by atoms with Crippen LogP contribution in [0.2, 0.25) is 0 Å². The normalized spacial score (nSPS) is 13.1. The minimum absolute atomic E-state index is 0.159. The number of ether oxygens (including phenoxy) is 1. The largest absolute Gasteiger partial charge is 0.573 e. The third-order valence-corrected chi connectivity index (χ3v) is 2.26. The number of halogens is 3. The highest BCUT2D eigenvalue weighted by Gasteiger charge is 2.32. The Morgan fingerprint density at radius 3 is 2.61 bits per heavy atom. The molecule has 3 N–H and O–H groups in total. The molecule has 1 unspecified atom stereocenters. The van der Waals surface area contributed by atoms with Crippen LogP contribution in [0.5, 0.6) is 5.75 Å². The van der Waals surface area contributed by atoms with E-state index in [-0.39, 0.29) is 12.3 Å². The van der Waals surface area contributed by atoms with Crippen molar-refractivity contribution in [3.05, 3.63) is 42.5 Å². The minimum Gasteiger partial charge on any atom is -0.405 e. The average molecular weight is 260 g/mol. The Kier molecular flexibility index (Phi) is 5.18. The van der Waals surface area contributed by atoms with Crippen LogP contribution >= 0.6 is 0 Å². The van der Waals surface area contributed by atoms with Crippen LogP contribution in [0.4, 0.5) is 13.2 Å². The molecule has 0 fully saturated rings. The molecule has 0 aliphatic rings. The molecule has 1 aromatic rings. The fourth-order valence-corrected chi connectivity index (χ4v) is 1.53. The van der Waals surface area contributed by atoms with Gasteiger partial charge in [-0.15, -0.1) is 19.8 Å². The smallest absolute Gasteiger partial charge is 0.405 e. The monoisotopic (exact) mass is 260 g/mol. The fraction of sp³-hybridized carbons (Fsp3) is 0.333. The van der Waals surface area contributed by atoms with Crippen LogP contribution in [0.3, 0.4) is 0 Å². The van der Waals surface area contributed by atoms with E-state index in [0.717, 1.165) is 0 Å². The van der Waals surface area contributed by atoms with Crippen molar-refractivity contribution in [3.8, 4) is 5.75 Å². The molecule has 100 valence electrons. The minimum atomic E-state index is -4.71. The highest BCUT2D eigenvalue weighted by atomic mass is 19.4. The SMILES string of the molecule is C=CCNC(CN)c1ccccc1OC(F)(F)F. The molecule has 0 aliphatic carbocycles. The summed E-state index contributed by atoms with van der Waals surface area (Å²) >= 11 is 0. The Hall–Kier alpha value is -1.53. The summed E-state index contributed by atoms with van der Waals surface area (Å²) < 4.78 is 40.7. The highest BCUT2D eigenvalue weighted by Crippen LogP contribution is 2.29. The number of para-hydroxylation sites is 1. The summed E-state index contributed by atoms with van der Waals surface area (Å²) in [6.07, 6.45) is -3.11. The van der Waals surface area contributed by atoms with Crippen molar-refractivity contribution in [1.29, 1.82) is 0 Å². The van der Waals surface area contributed by atoms with Crippen LogP contribution in [0.15, 0.2) is 36.9 Å². The van der Waals surface area contributed by atoms with E-state index in [2.05, 4.69) is 16.6 Å². The van der Waals surface area contributed by atoms with Crippen molar-refractivity contribution >= 4 is 0 Å². The zero-order chi connectivity index (χ0) is 13.6. The summed E-state index contributed by atoms with van der Waals surface area (Å²) in [6, 6.07) is 5.51. The number of hydrogen-bond acceptors (Lipinski definition) is 3. The van der Waals surface area contributed by atoms with Gasteiger partial charge in [0.1, 0.15) is 5.75 Å². The Morgan fingerprint density at radius 1 is 1.39 bits per heavy atom. The van der Waals surface area contributed by atoms with E-state index < -0.39 is 12.4 Å². The Balaban J connectivity index is 2.95. The van der Waals surface area contributed by atoms with Crippen LogP contribution in [0.1, 0.15) is 11.6 Å². The van der Waals surface area contributed by atoms with E-state index in [9.17, 15) is 13.2 Å². The molecule has 0 bridgehead atoms. The maximum absolute atomic E-state index is 12.3. The lowest BCUT2D eigenvalue weighted by atomic mass is 10.1. The molecular weight excluding hydrogens is 245 g/mol. The van der Waals surface area contributed by atoms with Crippen molar-refractivity contribution in [2.45, 2.75) is 12.4 Å². The summed E-state index contributed by atoms with van der Waals surface area (Å²) in [5.41, 5.74) is 5.92. The molecule has 18 heavy (non-hydrogen) atoms. The first-order chi connectivity index (χ1) is 8.48. The molecule has 0 saturated heterocycles. The molecule has 1 rings (SSSR count). The second-order valence-electron chi connectivity index (χ2n) is 3.57. The zero-order valence-corrected chi connectivity index (χ0v) is 9.70. The van der Waals surface area contributed by atoms with Crippen molar-refractivity contribution in [3.63, 3.8) is 0 Å². The molecule has 0 heterocycles. The molecule has 0 spiro atoms. The first kappa shape index (κ1) is 14.5. The summed E-state index contributed by atoms with van der Waals surface area (Å²) in [5.74, 6) is -0.239. The maximum Gasteiger partial charge on any atom is 0.573 e. The fourth-order valence-electron chi connectivity index (χ4n) is 1.53. The first-order valence-electron chi connectivity index (χ1n) is 5.37. The molecule has 0 amide bonds. The van der Waals surface area contributed by atoms with E-state index in [1.54, 1.807) is 18.2 Å². The third kappa shape index (κ3) is 4.38. The Labute approximate surface area is 103 Å². The van der Waals surface area contributed by atoms with Crippen LogP contribution in [-0.4, -0.2) is 19.5 Å². The van der Waals surface area contributed by atoms with Crippen LogP contribution in [-0.2, 0) is 0 Å². The quantitative estimate of drug-likeness (QED) is 0.772. The number of rotatable bonds is 6. The van der Waals surface area contributed by atoms with Gasteiger partial charge >= 0.3 is 6.36 Å². The van der Waals surface area contributed by atoms with Gasteiger partial charge in [-0.25, -0.2) is 0 Å². The maximum atomic E-state index is 12.3. The number of benzene rings is 1. The topological polar surface area (TPSA) is 47.3 Å². The van der Waals surface area contributed by atoms with Gasteiger partial charge in [0.25, 0.3) is 0 Å². The summed E-state index contributed by atoms with van der Waals surface area (Å²) in [4.78, 5) is 0. The van der Waals surface area contributed by atoms with Gasteiger partial charge in [0.15, 0.2) is 0 Å². The molecule has 3 nitrogen and oxygen atoms in total. The molecule has 0 radical (unpaired) electrons. The van der Waals surface area contributed by atoms with E-state index in [1.165, 1.54) is 12.1 Å². The standard InChI is InChI=1S/C12H15F3N2O/c1-2-7-17-10(8-16)9-5-3-4-6-11(9)18-12(13,14)15/h2-6,10,17H,1,7-8,16H2. The van der Waals surface area contributed by atoms with Gasteiger partial charge in [0.2, 0.25) is 0 Å². The number of hydrogen-bond donors (Lipinski definition) is 2. The molecular formula is C12H15F3N2O. The number of nitrogens with two attached hydrogens (primary N) is 1. The number of alkyl halides is 3.